The molecule has 0 aliphatic rings. The topological polar surface area (TPSA) is 92.8 Å². The van der Waals surface area contributed by atoms with Crippen molar-refractivity contribution in [2.24, 2.45) is 0 Å². The van der Waals surface area contributed by atoms with Crippen molar-refractivity contribution >= 4 is 22.6 Å². The summed E-state index contributed by atoms with van der Waals surface area (Å²) in [6.45, 7) is 11.4. The predicted octanol–water partition coefficient (Wildman–Crippen LogP) is 3.21. The molecule has 1 amide bonds. The number of hydrogen-bond donors (Lipinski definition) is 0. The molecule has 0 fully saturated rings. The lowest BCUT2D eigenvalue weighted by atomic mass is 10.7. The summed E-state index contributed by atoms with van der Waals surface area (Å²) >= 11 is 0. The maximum atomic E-state index is 13.3. The summed E-state index contributed by atoms with van der Waals surface area (Å²) in [5, 5.41) is 0. The van der Waals surface area contributed by atoms with Gasteiger partial charge in [-0.3, -0.25) is 9.05 Å². The van der Waals surface area contributed by atoms with E-state index >= 15 is 0 Å². The molecular weight excluding hydrogens is 369 g/mol. The molecule has 0 saturated carbocycles. The van der Waals surface area contributed by atoms with Crippen molar-refractivity contribution in [3.63, 3.8) is 0 Å². The molecule has 0 aliphatic carbocycles. The molecule has 0 radical (unpaired) electrons. The van der Waals surface area contributed by atoms with Crippen LogP contribution in [0.25, 0.3) is 0 Å². The zero-order chi connectivity index (χ0) is 19.5. The van der Waals surface area contributed by atoms with Gasteiger partial charge < -0.3 is 18.0 Å². The van der Waals surface area contributed by atoms with E-state index in [1.165, 1.54) is 7.11 Å². The van der Waals surface area contributed by atoms with Crippen molar-refractivity contribution in [1.82, 2.24) is 4.67 Å². The van der Waals surface area contributed by atoms with Crippen LogP contribution in [0.2, 0.25) is 0 Å². The largest absolute Gasteiger partial charge is 0.525 e. The molecule has 1 atom stereocenters. The van der Waals surface area contributed by atoms with Gasteiger partial charge in [-0.15, -0.1) is 0 Å². The maximum Gasteiger partial charge on any atom is 0.525 e. The fourth-order valence-electron chi connectivity index (χ4n) is 2.29. The minimum Gasteiger partial charge on any atom is -0.452 e. The van der Waals surface area contributed by atoms with Gasteiger partial charge in [0, 0.05) is 19.8 Å². The van der Waals surface area contributed by atoms with Gasteiger partial charge in [-0.05, 0) is 41.5 Å². The highest BCUT2D eigenvalue weighted by Gasteiger charge is 2.57. The minimum atomic E-state index is -3.97. The number of carbonyl (C=O) groups is 1. The second-order valence-electron chi connectivity index (χ2n) is 4.70. The number of ether oxygens (including phenoxy) is 1. The Labute approximate surface area is 151 Å². The van der Waals surface area contributed by atoms with Crippen LogP contribution < -0.4 is 0 Å². The molecule has 0 aromatic rings. The second kappa shape index (κ2) is 12.0. The zero-order valence-electron chi connectivity index (χ0n) is 16.3. The van der Waals surface area contributed by atoms with Gasteiger partial charge in [-0.1, -0.05) is 0 Å². The minimum absolute atomic E-state index is 0.0873. The molecule has 25 heavy (non-hydrogen) atoms. The maximum absolute atomic E-state index is 13.3. The molecule has 1 unspecified atom stereocenters. The zero-order valence-corrected chi connectivity index (χ0v) is 18.2. The standard InChI is InChI=1S/C14H32NO8PSi/c1-8-19-24(17,20-9-2)15(14(16)18-7)13(6)25(21-10-3,22-11-4)23-12-5/h13H,8-12H2,1-7H3. The highest BCUT2D eigenvalue weighted by Crippen LogP contribution is 2.54. The van der Waals surface area contributed by atoms with Crippen molar-refractivity contribution in [1.29, 1.82) is 0 Å². The van der Waals surface area contributed by atoms with E-state index in [4.69, 9.17) is 27.1 Å². The lowest BCUT2D eigenvalue weighted by Gasteiger charge is -2.40. The molecule has 0 spiro atoms. The number of carbonyl (C=O) groups excluding carboxylic acids is 1. The van der Waals surface area contributed by atoms with Crippen molar-refractivity contribution in [2.45, 2.75) is 47.2 Å². The van der Waals surface area contributed by atoms with Crippen LogP contribution in [0.1, 0.15) is 41.5 Å². The molecule has 0 aliphatic heterocycles. The van der Waals surface area contributed by atoms with Crippen molar-refractivity contribution in [3.8, 4) is 0 Å². The van der Waals surface area contributed by atoms with E-state index in [9.17, 15) is 9.36 Å². The first-order valence-electron chi connectivity index (χ1n) is 8.50. The first kappa shape index (κ1) is 24.5. The molecular formula is C14H32NO8PSi. The van der Waals surface area contributed by atoms with Crippen LogP contribution in [0.15, 0.2) is 0 Å². The van der Waals surface area contributed by atoms with E-state index in [0.29, 0.717) is 19.8 Å². The van der Waals surface area contributed by atoms with E-state index < -0.39 is 28.3 Å². The molecule has 0 aromatic heterocycles. The Balaban J connectivity index is 6.11. The molecule has 150 valence electrons. The number of methoxy groups -OCH3 is 1. The summed E-state index contributed by atoms with van der Waals surface area (Å²) in [4.78, 5) is 12.4. The average Bonchev–Trinajstić information content (AvgIpc) is 2.55. The Hall–Kier alpha value is -0.483. The number of hydrogen-bond acceptors (Lipinski definition) is 8. The smallest absolute Gasteiger partial charge is 0.452 e. The lowest BCUT2D eigenvalue weighted by Crippen LogP contribution is -2.62. The van der Waals surface area contributed by atoms with Gasteiger partial charge in [0.05, 0.1) is 20.3 Å². The fraction of sp³-hybridized carbons (Fsp3) is 0.929. The number of amides is 1. The van der Waals surface area contributed by atoms with Crippen LogP contribution in [-0.4, -0.2) is 65.4 Å². The van der Waals surface area contributed by atoms with Crippen LogP contribution in [0.4, 0.5) is 4.79 Å². The average molecular weight is 401 g/mol. The van der Waals surface area contributed by atoms with E-state index in [-0.39, 0.29) is 13.2 Å². The Morgan fingerprint density at radius 3 is 1.60 bits per heavy atom. The third-order valence-corrected chi connectivity index (χ3v) is 8.90. The molecule has 11 heteroatoms. The highest BCUT2D eigenvalue weighted by atomic mass is 31.2. The van der Waals surface area contributed by atoms with Crippen LogP contribution in [-0.2, 0) is 31.6 Å². The number of nitrogens with zero attached hydrogens (tertiary/aromatic N) is 1. The summed E-state index contributed by atoms with van der Waals surface area (Å²) < 4.78 is 47.1. The molecule has 0 rings (SSSR count). The van der Waals surface area contributed by atoms with Crippen molar-refractivity contribution in [2.75, 3.05) is 40.1 Å². The van der Waals surface area contributed by atoms with Crippen LogP contribution in [0.3, 0.4) is 0 Å². The van der Waals surface area contributed by atoms with Gasteiger partial charge in [0.25, 0.3) is 0 Å². The molecule has 0 heterocycles. The van der Waals surface area contributed by atoms with Gasteiger partial charge in [-0.2, -0.15) is 0 Å². The van der Waals surface area contributed by atoms with Gasteiger partial charge in [0.1, 0.15) is 5.67 Å². The van der Waals surface area contributed by atoms with E-state index in [0.717, 1.165) is 4.67 Å². The normalized spacial score (nSPS) is 13.6. The monoisotopic (exact) mass is 401 g/mol. The third-order valence-electron chi connectivity index (χ3n) is 3.13. The second-order valence-corrected chi connectivity index (χ2v) is 9.49. The summed E-state index contributed by atoms with van der Waals surface area (Å²) in [6, 6.07) is 0. The van der Waals surface area contributed by atoms with Gasteiger partial charge >= 0.3 is 22.6 Å². The summed E-state index contributed by atoms with van der Waals surface area (Å²) in [6.07, 6.45) is -0.867. The molecule has 0 N–H and O–H groups in total. The molecule has 0 bridgehead atoms. The van der Waals surface area contributed by atoms with E-state index in [1.54, 1.807) is 41.5 Å². The Kier molecular flexibility index (Phi) is 11.8. The van der Waals surface area contributed by atoms with Crippen molar-refractivity contribution < 1.29 is 36.4 Å². The highest BCUT2D eigenvalue weighted by molar-refractivity contribution is 7.52. The van der Waals surface area contributed by atoms with E-state index in [1.807, 2.05) is 0 Å². The van der Waals surface area contributed by atoms with Crippen LogP contribution >= 0.6 is 7.75 Å². The molecule has 0 aromatic carbocycles. The number of rotatable bonds is 13. The van der Waals surface area contributed by atoms with Crippen LogP contribution in [0, 0.1) is 0 Å². The predicted molar refractivity (Wildman–Crippen MR) is 95.2 cm³/mol. The molecule has 9 nitrogen and oxygen atoms in total. The first-order chi connectivity index (χ1) is 11.8. The lowest BCUT2D eigenvalue weighted by molar-refractivity contribution is 0.0411. The van der Waals surface area contributed by atoms with Gasteiger partial charge in [0.2, 0.25) is 0 Å². The molecule has 0 saturated heterocycles. The fourth-order valence-corrected chi connectivity index (χ4v) is 7.41. The van der Waals surface area contributed by atoms with Crippen LogP contribution in [0.5, 0.6) is 0 Å². The Morgan fingerprint density at radius 2 is 1.32 bits per heavy atom. The SMILES string of the molecule is CCO[Si](OCC)(OCC)C(C)N(C(=O)OC)P(=O)(OCC)OCC. The Bertz CT molecular complexity index is 412. The van der Waals surface area contributed by atoms with Gasteiger partial charge in [0.15, 0.2) is 0 Å². The summed E-state index contributed by atoms with van der Waals surface area (Å²) in [5.74, 6) is 0. The first-order valence-corrected chi connectivity index (χ1v) is 11.8. The third kappa shape index (κ3) is 6.32. The van der Waals surface area contributed by atoms with Crippen molar-refractivity contribution in [3.05, 3.63) is 0 Å². The van der Waals surface area contributed by atoms with E-state index in [2.05, 4.69) is 0 Å². The Morgan fingerprint density at radius 1 is 0.920 bits per heavy atom. The summed E-state index contributed by atoms with van der Waals surface area (Å²) in [5.41, 5.74) is -0.844. The van der Waals surface area contributed by atoms with Gasteiger partial charge in [-0.25, -0.2) is 14.0 Å². The quantitative estimate of drug-likeness (QED) is 0.343. The summed E-state index contributed by atoms with van der Waals surface area (Å²) in [7, 11) is -6.20.